The highest BCUT2D eigenvalue weighted by Gasteiger charge is 2.15. The summed E-state index contributed by atoms with van der Waals surface area (Å²) in [5, 5.41) is 7.75. The van der Waals surface area contributed by atoms with Crippen molar-refractivity contribution < 1.29 is 0 Å². The largest absolute Gasteiger partial charge is 0.305 e. The van der Waals surface area contributed by atoms with Crippen LogP contribution in [0.15, 0.2) is 6.33 Å². The number of rotatable bonds is 6. The first-order chi connectivity index (χ1) is 7.44. The van der Waals surface area contributed by atoms with E-state index >= 15 is 0 Å². The van der Waals surface area contributed by atoms with Crippen LogP contribution in [0.3, 0.4) is 0 Å². The standard InChI is InChI=1S/C12H24N4/c1-6-12(4,5)14-7-11-13-9-15-16(11)8-10(2)3/h9-10,14H,6-8H2,1-5H3. The van der Waals surface area contributed by atoms with Crippen molar-refractivity contribution in [3.05, 3.63) is 12.2 Å². The van der Waals surface area contributed by atoms with Crippen LogP contribution in [0.25, 0.3) is 0 Å². The Morgan fingerprint density at radius 3 is 2.69 bits per heavy atom. The van der Waals surface area contributed by atoms with Gasteiger partial charge in [0.05, 0.1) is 6.54 Å². The molecule has 1 aromatic heterocycles. The Labute approximate surface area is 98.5 Å². The van der Waals surface area contributed by atoms with Gasteiger partial charge in [0, 0.05) is 12.1 Å². The van der Waals surface area contributed by atoms with Crippen molar-refractivity contribution in [3.63, 3.8) is 0 Å². The molecule has 1 heterocycles. The molecule has 4 nitrogen and oxygen atoms in total. The fourth-order valence-electron chi connectivity index (χ4n) is 1.37. The van der Waals surface area contributed by atoms with Crippen molar-refractivity contribution in [1.29, 1.82) is 0 Å². The predicted octanol–water partition coefficient (Wildman–Crippen LogP) is 2.21. The molecular formula is C12H24N4. The molecule has 0 atom stereocenters. The predicted molar refractivity (Wildman–Crippen MR) is 66.1 cm³/mol. The molecule has 16 heavy (non-hydrogen) atoms. The van der Waals surface area contributed by atoms with Gasteiger partial charge in [-0.25, -0.2) is 9.67 Å². The Kier molecular flexibility index (Phi) is 4.47. The van der Waals surface area contributed by atoms with Gasteiger partial charge in [0.15, 0.2) is 0 Å². The molecule has 0 bridgehead atoms. The summed E-state index contributed by atoms with van der Waals surface area (Å²) < 4.78 is 1.99. The normalized spacial score (nSPS) is 12.4. The van der Waals surface area contributed by atoms with Crippen LogP contribution in [0.4, 0.5) is 0 Å². The van der Waals surface area contributed by atoms with Crippen molar-refractivity contribution >= 4 is 0 Å². The number of nitrogens with one attached hydrogen (secondary N) is 1. The maximum Gasteiger partial charge on any atom is 0.140 e. The fraction of sp³-hybridized carbons (Fsp3) is 0.833. The third-order valence-corrected chi connectivity index (χ3v) is 2.84. The van der Waals surface area contributed by atoms with Crippen LogP contribution < -0.4 is 5.32 Å². The molecule has 0 radical (unpaired) electrons. The van der Waals surface area contributed by atoms with Crippen molar-refractivity contribution in [2.24, 2.45) is 5.92 Å². The monoisotopic (exact) mass is 224 g/mol. The third-order valence-electron chi connectivity index (χ3n) is 2.84. The average Bonchev–Trinajstić information content (AvgIpc) is 2.62. The lowest BCUT2D eigenvalue weighted by Gasteiger charge is -2.24. The maximum atomic E-state index is 4.30. The molecule has 0 saturated carbocycles. The van der Waals surface area contributed by atoms with Crippen LogP contribution >= 0.6 is 0 Å². The maximum absolute atomic E-state index is 4.30. The molecule has 0 fully saturated rings. The molecule has 0 spiro atoms. The lowest BCUT2D eigenvalue weighted by Crippen LogP contribution is -2.38. The highest BCUT2D eigenvalue weighted by atomic mass is 15.3. The molecule has 1 rings (SSSR count). The highest BCUT2D eigenvalue weighted by molar-refractivity contribution is 4.87. The van der Waals surface area contributed by atoms with Gasteiger partial charge >= 0.3 is 0 Å². The average molecular weight is 224 g/mol. The lowest BCUT2D eigenvalue weighted by molar-refractivity contribution is 0.359. The Morgan fingerprint density at radius 2 is 2.12 bits per heavy atom. The Hall–Kier alpha value is -0.900. The molecule has 0 aromatic carbocycles. The smallest absolute Gasteiger partial charge is 0.140 e. The fourth-order valence-corrected chi connectivity index (χ4v) is 1.37. The van der Waals surface area contributed by atoms with Gasteiger partial charge in [-0.1, -0.05) is 20.8 Å². The molecule has 1 aromatic rings. The second-order valence-electron chi connectivity index (χ2n) is 5.34. The molecule has 0 saturated heterocycles. The molecule has 4 heteroatoms. The first kappa shape index (κ1) is 13.2. The van der Waals surface area contributed by atoms with Gasteiger partial charge in [-0.05, 0) is 26.2 Å². The van der Waals surface area contributed by atoms with E-state index in [1.165, 1.54) is 0 Å². The van der Waals surface area contributed by atoms with Crippen molar-refractivity contribution in [3.8, 4) is 0 Å². The van der Waals surface area contributed by atoms with E-state index in [0.717, 1.165) is 25.3 Å². The minimum absolute atomic E-state index is 0.161. The number of hydrogen-bond donors (Lipinski definition) is 1. The summed E-state index contributed by atoms with van der Waals surface area (Å²) in [6.07, 6.45) is 2.74. The zero-order chi connectivity index (χ0) is 12.2. The highest BCUT2D eigenvalue weighted by Crippen LogP contribution is 2.08. The summed E-state index contributed by atoms with van der Waals surface area (Å²) in [6, 6.07) is 0. The van der Waals surface area contributed by atoms with Gasteiger partial charge in [-0.3, -0.25) is 0 Å². The van der Waals surface area contributed by atoms with E-state index < -0.39 is 0 Å². The first-order valence-corrected chi connectivity index (χ1v) is 6.06. The minimum atomic E-state index is 0.161. The zero-order valence-corrected chi connectivity index (χ0v) is 11.1. The van der Waals surface area contributed by atoms with E-state index in [1.54, 1.807) is 6.33 Å². The van der Waals surface area contributed by atoms with E-state index in [4.69, 9.17) is 0 Å². The molecule has 0 amide bonds. The van der Waals surface area contributed by atoms with Gasteiger partial charge in [0.2, 0.25) is 0 Å². The Bertz CT molecular complexity index is 315. The van der Waals surface area contributed by atoms with Crippen molar-refractivity contribution in [1.82, 2.24) is 20.1 Å². The number of hydrogen-bond acceptors (Lipinski definition) is 3. The van der Waals surface area contributed by atoms with E-state index in [9.17, 15) is 0 Å². The third kappa shape index (κ3) is 3.93. The molecule has 0 aliphatic carbocycles. The lowest BCUT2D eigenvalue weighted by atomic mass is 10.0. The summed E-state index contributed by atoms with van der Waals surface area (Å²) in [7, 11) is 0. The molecule has 0 aliphatic heterocycles. The van der Waals surface area contributed by atoms with E-state index in [0.29, 0.717) is 5.92 Å². The van der Waals surface area contributed by atoms with Crippen LogP contribution in [0, 0.1) is 5.92 Å². The molecule has 92 valence electrons. The quantitative estimate of drug-likeness (QED) is 0.805. The SMILES string of the molecule is CCC(C)(C)NCc1ncnn1CC(C)C. The van der Waals surface area contributed by atoms with Gasteiger partial charge < -0.3 is 5.32 Å². The minimum Gasteiger partial charge on any atom is -0.305 e. The second kappa shape index (κ2) is 5.43. The van der Waals surface area contributed by atoms with Crippen molar-refractivity contribution in [2.45, 2.75) is 59.7 Å². The summed E-state index contributed by atoms with van der Waals surface area (Å²) in [5.41, 5.74) is 0.161. The topological polar surface area (TPSA) is 42.7 Å². The summed E-state index contributed by atoms with van der Waals surface area (Å²) in [6.45, 7) is 12.7. The summed E-state index contributed by atoms with van der Waals surface area (Å²) in [4.78, 5) is 4.30. The van der Waals surface area contributed by atoms with Crippen LogP contribution in [-0.4, -0.2) is 20.3 Å². The number of nitrogens with zero attached hydrogens (tertiary/aromatic N) is 3. The van der Waals surface area contributed by atoms with E-state index in [2.05, 4.69) is 50.0 Å². The van der Waals surface area contributed by atoms with Gasteiger partial charge in [0.1, 0.15) is 12.2 Å². The Morgan fingerprint density at radius 1 is 1.44 bits per heavy atom. The summed E-state index contributed by atoms with van der Waals surface area (Å²) >= 11 is 0. The van der Waals surface area contributed by atoms with Gasteiger partial charge in [-0.2, -0.15) is 5.10 Å². The Balaban J connectivity index is 2.57. The van der Waals surface area contributed by atoms with Gasteiger partial charge in [0.25, 0.3) is 0 Å². The number of aromatic nitrogens is 3. The zero-order valence-electron chi connectivity index (χ0n) is 11.1. The summed E-state index contributed by atoms with van der Waals surface area (Å²) in [5.74, 6) is 1.62. The van der Waals surface area contributed by atoms with E-state index in [-0.39, 0.29) is 5.54 Å². The van der Waals surface area contributed by atoms with E-state index in [1.807, 2.05) is 4.68 Å². The van der Waals surface area contributed by atoms with Crippen LogP contribution in [0.1, 0.15) is 46.9 Å². The first-order valence-electron chi connectivity index (χ1n) is 6.06. The van der Waals surface area contributed by atoms with Gasteiger partial charge in [-0.15, -0.1) is 0 Å². The second-order valence-corrected chi connectivity index (χ2v) is 5.34. The van der Waals surface area contributed by atoms with Crippen LogP contribution in [0.5, 0.6) is 0 Å². The van der Waals surface area contributed by atoms with Crippen LogP contribution in [-0.2, 0) is 13.1 Å². The molecule has 0 aliphatic rings. The van der Waals surface area contributed by atoms with Crippen molar-refractivity contribution in [2.75, 3.05) is 0 Å². The molecular weight excluding hydrogens is 200 g/mol. The molecule has 0 unspecified atom stereocenters. The van der Waals surface area contributed by atoms with Crippen LogP contribution in [0.2, 0.25) is 0 Å². The molecule has 1 N–H and O–H groups in total.